The molecule has 9 heteroatoms. The molecule has 1 unspecified atom stereocenters. The number of amides is 1. The monoisotopic (exact) mass is 435 g/mol. The second kappa shape index (κ2) is 9.05. The van der Waals surface area contributed by atoms with Gasteiger partial charge in [0, 0.05) is 17.6 Å². The number of carbonyl (C=O) groups excluding carboxylic acids is 1. The zero-order valence-electron chi connectivity index (χ0n) is 17.2. The predicted octanol–water partition coefficient (Wildman–Crippen LogP) is 4.16. The summed E-state index contributed by atoms with van der Waals surface area (Å²) in [5.41, 5.74) is 2.30. The molecular weight excluding hydrogens is 414 g/mol. The van der Waals surface area contributed by atoms with E-state index in [1.165, 1.54) is 11.8 Å². The first-order chi connectivity index (χ1) is 15.1. The van der Waals surface area contributed by atoms with Gasteiger partial charge in [-0.15, -0.1) is 5.10 Å². The lowest BCUT2D eigenvalue weighted by molar-refractivity contribution is -0.115. The van der Waals surface area contributed by atoms with Crippen molar-refractivity contribution in [3.8, 4) is 22.9 Å². The molecule has 8 nitrogen and oxygen atoms in total. The average molecular weight is 436 g/mol. The van der Waals surface area contributed by atoms with E-state index in [2.05, 4.69) is 25.5 Å². The van der Waals surface area contributed by atoms with Crippen LogP contribution in [0.3, 0.4) is 0 Å². The largest absolute Gasteiger partial charge is 0.497 e. The quantitative estimate of drug-likeness (QED) is 0.420. The minimum absolute atomic E-state index is 0.144. The Bertz CT molecular complexity index is 1220. The lowest BCUT2D eigenvalue weighted by Gasteiger charge is -2.12. The molecule has 0 aliphatic carbocycles. The van der Waals surface area contributed by atoms with Gasteiger partial charge in [0.15, 0.2) is 5.82 Å². The molecule has 0 bridgehead atoms. The van der Waals surface area contributed by atoms with Crippen LogP contribution in [0, 0.1) is 0 Å². The molecular formula is C22H21N5O3S. The van der Waals surface area contributed by atoms with Crippen molar-refractivity contribution in [3.63, 3.8) is 0 Å². The number of aromatic nitrogens is 4. The Kier molecular flexibility index (Phi) is 6.03. The highest BCUT2D eigenvalue weighted by Gasteiger charge is 2.19. The summed E-state index contributed by atoms with van der Waals surface area (Å²) < 4.78 is 10.7. The maximum absolute atomic E-state index is 12.8. The molecule has 2 N–H and O–H groups in total. The Morgan fingerprint density at radius 2 is 2.00 bits per heavy atom. The van der Waals surface area contributed by atoms with Gasteiger partial charge in [-0.1, -0.05) is 17.8 Å². The van der Waals surface area contributed by atoms with Gasteiger partial charge in [0.1, 0.15) is 11.5 Å². The number of pyridine rings is 1. The minimum Gasteiger partial charge on any atom is -0.497 e. The molecule has 0 aliphatic heterocycles. The van der Waals surface area contributed by atoms with Crippen LogP contribution in [0.5, 0.6) is 11.5 Å². The van der Waals surface area contributed by atoms with E-state index in [1.54, 1.807) is 26.5 Å². The molecule has 31 heavy (non-hydrogen) atoms. The van der Waals surface area contributed by atoms with Crippen molar-refractivity contribution in [2.75, 3.05) is 19.5 Å². The summed E-state index contributed by atoms with van der Waals surface area (Å²) in [6, 6.07) is 14.9. The van der Waals surface area contributed by atoms with Crippen LogP contribution in [0.25, 0.3) is 22.3 Å². The predicted molar refractivity (Wildman–Crippen MR) is 121 cm³/mol. The molecule has 2 aromatic heterocycles. The lowest BCUT2D eigenvalue weighted by atomic mass is 10.2. The third-order valence-corrected chi connectivity index (χ3v) is 5.64. The zero-order valence-corrected chi connectivity index (χ0v) is 18.1. The van der Waals surface area contributed by atoms with Crippen LogP contribution >= 0.6 is 11.8 Å². The van der Waals surface area contributed by atoms with Gasteiger partial charge in [-0.3, -0.25) is 14.9 Å². The van der Waals surface area contributed by atoms with Gasteiger partial charge in [-0.2, -0.15) is 0 Å². The highest BCUT2D eigenvalue weighted by molar-refractivity contribution is 8.00. The molecule has 0 fully saturated rings. The summed E-state index contributed by atoms with van der Waals surface area (Å²) in [5, 5.41) is 11.1. The van der Waals surface area contributed by atoms with Crippen molar-refractivity contribution in [1.29, 1.82) is 0 Å². The van der Waals surface area contributed by atoms with Crippen LogP contribution in [0.15, 0.2) is 59.9 Å². The Hall–Kier alpha value is -3.59. The summed E-state index contributed by atoms with van der Waals surface area (Å²) >= 11 is 1.27. The fraction of sp³-hybridized carbons (Fsp3) is 0.182. The van der Waals surface area contributed by atoms with Crippen molar-refractivity contribution in [3.05, 3.63) is 54.7 Å². The number of nitrogens with one attached hydrogen (secondary N) is 2. The number of ether oxygens (including phenoxy) is 2. The summed E-state index contributed by atoms with van der Waals surface area (Å²) in [7, 11) is 3.18. The second-order valence-electron chi connectivity index (χ2n) is 6.66. The summed E-state index contributed by atoms with van der Waals surface area (Å²) in [4.78, 5) is 21.6. The van der Waals surface area contributed by atoms with Gasteiger partial charge in [0.05, 0.1) is 36.2 Å². The first-order valence-electron chi connectivity index (χ1n) is 9.55. The summed E-state index contributed by atoms with van der Waals surface area (Å²) in [6.45, 7) is 1.81. The van der Waals surface area contributed by atoms with E-state index in [4.69, 9.17) is 9.47 Å². The SMILES string of the molecule is COc1ccc(-c2nc(SC(C)C(=O)Nc3cccc4ncccc34)n[nH]2)c(OC)c1. The van der Waals surface area contributed by atoms with E-state index in [-0.39, 0.29) is 5.91 Å². The number of fused-ring (bicyclic) bond motifs is 1. The average Bonchev–Trinajstić information content (AvgIpc) is 3.27. The fourth-order valence-corrected chi connectivity index (χ4v) is 3.80. The number of thioether (sulfide) groups is 1. The van der Waals surface area contributed by atoms with Crippen molar-refractivity contribution in [1.82, 2.24) is 20.2 Å². The van der Waals surface area contributed by atoms with Gasteiger partial charge in [0.25, 0.3) is 0 Å². The molecule has 1 atom stereocenters. The van der Waals surface area contributed by atoms with Crippen molar-refractivity contribution in [2.45, 2.75) is 17.3 Å². The van der Waals surface area contributed by atoms with E-state index in [9.17, 15) is 4.79 Å². The van der Waals surface area contributed by atoms with Gasteiger partial charge >= 0.3 is 0 Å². The Morgan fingerprint density at radius 3 is 2.81 bits per heavy atom. The van der Waals surface area contributed by atoms with Crippen LogP contribution < -0.4 is 14.8 Å². The van der Waals surface area contributed by atoms with Crippen LogP contribution in [-0.4, -0.2) is 45.5 Å². The molecule has 4 rings (SSSR count). The van der Waals surface area contributed by atoms with Gasteiger partial charge in [-0.25, -0.2) is 4.98 Å². The van der Waals surface area contributed by atoms with Gasteiger partial charge in [-0.05, 0) is 43.3 Å². The number of carbonyl (C=O) groups is 1. The van der Waals surface area contributed by atoms with Crippen LogP contribution in [-0.2, 0) is 4.79 Å². The number of H-pyrrole nitrogens is 1. The molecule has 2 heterocycles. The molecule has 4 aromatic rings. The smallest absolute Gasteiger partial charge is 0.237 e. The first kappa shape index (κ1) is 20.7. The summed E-state index contributed by atoms with van der Waals surface area (Å²) in [5.74, 6) is 1.70. The number of aromatic amines is 1. The number of nitrogens with zero attached hydrogens (tertiary/aromatic N) is 3. The third kappa shape index (κ3) is 4.46. The zero-order chi connectivity index (χ0) is 21.8. The number of rotatable bonds is 7. The van der Waals surface area contributed by atoms with Crippen molar-refractivity contribution in [2.24, 2.45) is 0 Å². The lowest BCUT2D eigenvalue weighted by Crippen LogP contribution is -2.22. The molecule has 1 amide bonds. The molecule has 0 aliphatic rings. The number of methoxy groups -OCH3 is 2. The number of anilines is 1. The topological polar surface area (TPSA) is 102 Å². The van der Waals surface area contributed by atoms with Gasteiger partial charge < -0.3 is 14.8 Å². The molecule has 0 saturated carbocycles. The van der Waals surface area contributed by atoms with Crippen LogP contribution in [0.2, 0.25) is 0 Å². The third-order valence-electron chi connectivity index (χ3n) is 4.68. The molecule has 2 aromatic carbocycles. The highest BCUT2D eigenvalue weighted by atomic mass is 32.2. The standard InChI is InChI=1S/C22H21N5O3S/c1-13(21(28)24-18-8-4-7-17-15(18)6-5-11-23-17)31-22-25-20(26-27-22)16-10-9-14(29-2)12-19(16)30-3/h4-13H,1-3H3,(H,24,28)(H,25,26,27). The normalized spacial score (nSPS) is 11.8. The van der Waals surface area contributed by atoms with E-state index in [0.717, 1.165) is 22.2 Å². The number of benzene rings is 2. The maximum atomic E-state index is 12.8. The summed E-state index contributed by atoms with van der Waals surface area (Å²) in [6.07, 6.45) is 1.73. The number of hydrogen-bond donors (Lipinski definition) is 2. The van der Waals surface area contributed by atoms with E-state index in [1.807, 2.05) is 49.4 Å². The maximum Gasteiger partial charge on any atom is 0.237 e. The number of hydrogen-bond acceptors (Lipinski definition) is 7. The first-order valence-corrected chi connectivity index (χ1v) is 10.4. The van der Waals surface area contributed by atoms with Crippen LogP contribution in [0.1, 0.15) is 6.92 Å². The second-order valence-corrected chi connectivity index (χ2v) is 7.97. The Balaban J connectivity index is 1.48. The molecule has 0 radical (unpaired) electrons. The Morgan fingerprint density at radius 1 is 1.13 bits per heavy atom. The van der Waals surface area contributed by atoms with E-state index in [0.29, 0.717) is 22.5 Å². The minimum atomic E-state index is -0.409. The van der Waals surface area contributed by atoms with Gasteiger partial charge in [0.2, 0.25) is 11.1 Å². The van der Waals surface area contributed by atoms with Crippen molar-refractivity contribution >= 4 is 34.3 Å². The highest BCUT2D eigenvalue weighted by Crippen LogP contribution is 2.32. The fourth-order valence-electron chi connectivity index (χ4n) is 3.07. The molecule has 0 spiro atoms. The van der Waals surface area contributed by atoms with E-state index < -0.39 is 5.25 Å². The molecule has 158 valence electrons. The van der Waals surface area contributed by atoms with E-state index >= 15 is 0 Å². The molecule has 0 saturated heterocycles. The Labute approximate surface area is 183 Å². The van der Waals surface area contributed by atoms with Crippen LogP contribution in [0.4, 0.5) is 5.69 Å². The van der Waals surface area contributed by atoms with Crippen molar-refractivity contribution < 1.29 is 14.3 Å².